The van der Waals surface area contributed by atoms with Gasteiger partial charge in [0, 0.05) is 24.3 Å². The van der Waals surface area contributed by atoms with Crippen molar-refractivity contribution in [2.24, 2.45) is 0 Å². The molecule has 0 unspecified atom stereocenters. The van der Waals surface area contributed by atoms with Gasteiger partial charge in [-0.25, -0.2) is 4.79 Å². The van der Waals surface area contributed by atoms with E-state index < -0.39 is 23.7 Å². The third-order valence-corrected chi connectivity index (χ3v) is 2.70. The average Bonchev–Trinajstić information content (AvgIpc) is 2.33. The fraction of sp³-hybridized carbons (Fsp3) is 0.333. The Hall–Kier alpha value is -1.96. The molecule has 116 valence electrons. The van der Waals surface area contributed by atoms with E-state index >= 15 is 0 Å². The second-order valence-electron chi connectivity index (χ2n) is 4.22. The highest BCUT2D eigenvalue weighted by atomic mass is 35.5. The van der Waals surface area contributed by atoms with Crippen molar-refractivity contribution in [1.29, 1.82) is 0 Å². The van der Waals surface area contributed by atoms with Crippen LogP contribution in [0.15, 0.2) is 18.2 Å². The fourth-order valence-electron chi connectivity index (χ4n) is 1.41. The van der Waals surface area contributed by atoms with Gasteiger partial charge in [0.15, 0.2) is 0 Å². The molecule has 21 heavy (non-hydrogen) atoms. The molecule has 1 aromatic carbocycles. The summed E-state index contributed by atoms with van der Waals surface area (Å²) in [6, 6.07) is 1.92. The lowest BCUT2D eigenvalue weighted by atomic mass is 10.2. The molecule has 0 fully saturated rings. The Balaban J connectivity index is 2.81. The first kappa shape index (κ1) is 17.1. The number of carbonyl (C=O) groups excluding carboxylic acids is 1. The van der Waals surface area contributed by atoms with Gasteiger partial charge < -0.3 is 15.3 Å². The van der Waals surface area contributed by atoms with Crippen LogP contribution in [0.25, 0.3) is 0 Å². The minimum atomic E-state index is -4.58. The lowest BCUT2D eigenvalue weighted by Gasteiger charge is -2.17. The molecular weight excluding hydrogens is 313 g/mol. The van der Waals surface area contributed by atoms with E-state index in [1.165, 1.54) is 13.1 Å². The Morgan fingerprint density at radius 2 is 1.95 bits per heavy atom. The molecule has 2 amide bonds. The molecule has 0 saturated heterocycles. The van der Waals surface area contributed by atoms with Crippen LogP contribution in [0.1, 0.15) is 12.0 Å². The number of carbonyl (C=O) groups is 2. The number of alkyl halides is 3. The summed E-state index contributed by atoms with van der Waals surface area (Å²) in [5.41, 5.74) is -1.11. The van der Waals surface area contributed by atoms with Gasteiger partial charge in [0.05, 0.1) is 12.0 Å². The lowest BCUT2D eigenvalue weighted by Crippen LogP contribution is -2.33. The maximum atomic E-state index is 12.6. The van der Waals surface area contributed by atoms with Gasteiger partial charge in [0.1, 0.15) is 0 Å². The van der Waals surface area contributed by atoms with E-state index in [9.17, 15) is 22.8 Å². The van der Waals surface area contributed by atoms with Gasteiger partial charge in [-0.15, -0.1) is 0 Å². The number of carboxylic acid groups (broad SMARTS) is 1. The lowest BCUT2D eigenvalue weighted by molar-refractivity contribution is -0.138. The number of aliphatic carboxylic acids is 1. The van der Waals surface area contributed by atoms with Gasteiger partial charge in [0.25, 0.3) is 0 Å². The van der Waals surface area contributed by atoms with Crippen LogP contribution in [-0.4, -0.2) is 35.6 Å². The number of anilines is 1. The standard InChI is InChI=1S/C12H12ClF3N2O3/c1-18(3-2-10(19)20)11(21)17-9-5-7(12(14,15)16)4-8(13)6-9/h4-6H,2-3H2,1H3,(H,17,21)(H,19,20). The second kappa shape index (κ2) is 6.66. The number of hydrogen-bond donors (Lipinski definition) is 2. The van der Waals surface area contributed by atoms with E-state index in [2.05, 4.69) is 5.32 Å². The normalized spacial score (nSPS) is 11.1. The monoisotopic (exact) mass is 324 g/mol. The highest BCUT2D eigenvalue weighted by Crippen LogP contribution is 2.33. The topological polar surface area (TPSA) is 69.6 Å². The molecule has 1 rings (SSSR count). The molecule has 0 saturated carbocycles. The van der Waals surface area contributed by atoms with E-state index in [4.69, 9.17) is 16.7 Å². The van der Waals surface area contributed by atoms with Crippen LogP contribution in [0.3, 0.4) is 0 Å². The number of carboxylic acids is 1. The first-order valence-corrected chi connectivity index (χ1v) is 6.09. The molecule has 0 heterocycles. The summed E-state index contributed by atoms with van der Waals surface area (Å²) in [7, 11) is 1.33. The first-order chi connectivity index (χ1) is 9.59. The van der Waals surface area contributed by atoms with Crippen LogP contribution in [0, 0.1) is 0 Å². The summed E-state index contributed by atoms with van der Waals surface area (Å²) < 4.78 is 37.8. The van der Waals surface area contributed by atoms with Crippen LogP contribution in [0.4, 0.5) is 23.7 Å². The number of amides is 2. The Bertz CT molecular complexity index is 549. The van der Waals surface area contributed by atoms with Crippen molar-refractivity contribution < 1.29 is 27.9 Å². The molecule has 0 radical (unpaired) electrons. The van der Waals surface area contributed by atoms with E-state index in [0.29, 0.717) is 0 Å². The maximum Gasteiger partial charge on any atom is 0.416 e. The number of hydrogen-bond acceptors (Lipinski definition) is 2. The van der Waals surface area contributed by atoms with Gasteiger partial charge in [-0.05, 0) is 18.2 Å². The van der Waals surface area contributed by atoms with Crippen LogP contribution >= 0.6 is 11.6 Å². The van der Waals surface area contributed by atoms with Crippen LogP contribution < -0.4 is 5.32 Å². The van der Waals surface area contributed by atoms with E-state index in [-0.39, 0.29) is 23.7 Å². The van der Waals surface area contributed by atoms with Crippen molar-refractivity contribution >= 4 is 29.3 Å². The third kappa shape index (κ3) is 5.50. The summed E-state index contributed by atoms with van der Waals surface area (Å²) in [5, 5.41) is 10.6. The molecule has 0 aromatic heterocycles. The first-order valence-electron chi connectivity index (χ1n) is 5.71. The molecule has 1 aromatic rings. The third-order valence-electron chi connectivity index (χ3n) is 2.48. The second-order valence-corrected chi connectivity index (χ2v) is 4.66. The molecule has 0 aliphatic heterocycles. The minimum absolute atomic E-state index is 0.0755. The molecule has 9 heteroatoms. The van der Waals surface area contributed by atoms with Gasteiger partial charge in [0.2, 0.25) is 0 Å². The Morgan fingerprint density at radius 1 is 1.33 bits per heavy atom. The average molecular weight is 325 g/mol. The molecular formula is C12H12ClF3N2O3. The van der Waals surface area contributed by atoms with Crippen molar-refractivity contribution in [3.8, 4) is 0 Å². The molecule has 0 spiro atoms. The van der Waals surface area contributed by atoms with Crippen LogP contribution in [0.5, 0.6) is 0 Å². The van der Waals surface area contributed by atoms with Crippen LogP contribution in [-0.2, 0) is 11.0 Å². The maximum absolute atomic E-state index is 12.6. The van der Waals surface area contributed by atoms with Crippen molar-refractivity contribution in [2.45, 2.75) is 12.6 Å². The van der Waals surface area contributed by atoms with Gasteiger partial charge in [-0.3, -0.25) is 4.79 Å². The molecule has 0 aliphatic rings. The highest BCUT2D eigenvalue weighted by Gasteiger charge is 2.31. The van der Waals surface area contributed by atoms with Gasteiger partial charge in [-0.2, -0.15) is 13.2 Å². The number of nitrogens with zero attached hydrogens (tertiary/aromatic N) is 1. The number of nitrogens with one attached hydrogen (secondary N) is 1. The van der Waals surface area contributed by atoms with E-state index in [0.717, 1.165) is 17.0 Å². The number of urea groups is 1. The zero-order valence-electron chi connectivity index (χ0n) is 10.9. The molecule has 0 atom stereocenters. The van der Waals surface area contributed by atoms with Crippen molar-refractivity contribution in [2.75, 3.05) is 18.9 Å². The predicted octanol–water partition coefficient (Wildman–Crippen LogP) is 3.30. The summed E-state index contributed by atoms with van der Waals surface area (Å²) in [5.74, 6) is -1.09. The predicted molar refractivity (Wildman–Crippen MR) is 70.4 cm³/mol. The number of rotatable bonds is 4. The van der Waals surface area contributed by atoms with Crippen LogP contribution in [0.2, 0.25) is 5.02 Å². The molecule has 5 nitrogen and oxygen atoms in total. The fourth-order valence-corrected chi connectivity index (χ4v) is 1.64. The highest BCUT2D eigenvalue weighted by molar-refractivity contribution is 6.31. The number of halogens is 4. The SMILES string of the molecule is CN(CCC(=O)O)C(=O)Nc1cc(Cl)cc(C(F)(F)F)c1. The van der Waals surface area contributed by atoms with Crippen molar-refractivity contribution in [3.05, 3.63) is 28.8 Å². The van der Waals surface area contributed by atoms with Crippen molar-refractivity contribution in [3.63, 3.8) is 0 Å². The summed E-state index contributed by atoms with van der Waals surface area (Å²) in [4.78, 5) is 23.1. The number of benzene rings is 1. The van der Waals surface area contributed by atoms with E-state index in [1.807, 2.05) is 0 Å². The summed E-state index contributed by atoms with van der Waals surface area (Å²) in [6.07, 6.45) is -4.85. The van der Waals surface area contributed by atoms with E-state index in [1.54, 1.807) is 0 Å². The molecule has 0 aliphatic carbocycles. The molecule has 0 bridgehead atoms. The smallest absolute Gasteiger partial charge is 0.416 e. The largest absolute Gasteiger partial charge is 0.481 e. The Kier molecular flexibility index (Phi) is 5.42. The van der Waals surface area contributed by atoms with Crippen molar-refractivity contribution in [1.82, 2.24) is 4.90 Å². The zero-order chi connectivity index (χ0) is 16.2. The van der Waals surface area contributed by atoms with Gasteiger partial charge >= 0.3 is 18.2 Å². The quantitative estimate of drug-likeness (QED) is 0.892. The molecule has 2 N–H and O–H groups in total. The zero-order valence-corrected chi connectivity index (χ0v) is 11.6. The summed E-state index contributed by atoms with van der Waals surface area (Å²) >= 11 is 5.58. The Labute approximate surface area is 123 Å². The minimum Gasteiger partial charge on any atom is -0.481 e. The van der Waals surface area contributed by atoms with Gasteiger partial charge in [-0.1, -0.05) is 11.6 Å². The Morgan fingerprint density at radius 3 is 2.48 bits per heavy atom. The summed E-state index contributed by atoms with van der Waals surface area (Å²) in [6.45, 7) is -0.0755.